The maximum absolute atomic E-state index is 4.52. The van der Waals surface area contributed by atoms with E-state index in [0.717, 1.165) is 12.1 Å². The molecule has 0 saturated carbocycles. The summed E-state index contributed by atoms with van der Waals surface area (Å²) in [6.45, 7) is 7.71. The fourth-order valence-corrected chi connectivity index (χ4v) is 2.73. The first kappa shape index (κ1) is 15.1. The number of nitrogens with zero attached hydrogens (tertiary/aromatic N) is 2. The molecule has 0 fully saturated rings. The lowest BCUT2D eigenvalue weighted by Crippen LogP contribution is -1.96. The molecule has 2 aromatic rings. The lowest BCUT2D eigenvalue weighted by molar-refractivity contribution is 0.555. The van der Waals surface area contributed by atoms with Gasteiger partial charge in [0.05, 0.1) is 17.4 Å². The Morgan fingerprint density at radius 1 is 0.900 bits per heavy atom. The van der Waals surface area contributed by atoms with E-state index in [1.165, 1.54) is 61.6 Å². The summed E-state index contributed by atoms with van der Waals surface area (Å²) in [5.74, 6) is 0. The number of hydrogen-bond donors (Lipinski definition) is 0. The van der Waals surface area contributed by atoms with Gasteiger partial charge in [-0.25, -0.2) is 4.98 Å². The van der Waals surface area contributed by atoms with Gasteiger partial charge in [-0.3, -0.25) is 0 Å². The molecule has 0 bridgehead atoms. The molecule has 2 heteroatoms. The van der Waals surface area contributed by atoms with Gasteiger partial charge in [-0.15, -0.1) is 0 Å². The van der Waals surface area contributed by atoms with E-state index in [0.29, 0.717) is 0 Å². The van der Waals surface area contributed by atoms with Gasteiger partial charge in [0.2, 0.25) is 0 Å². The van der Waals surface area contributed by atoms with Gasteiger partial charge in [0.1, 0.15) is 0 Å². The van der Waals surface area contributed by atoms with Crippen molar-refractivity contribution in [3.05, 3.63) is 29.6 Å². The van der Waals surface area contributed by atoms with Crippen molar-refractivity contribution in [2.45, 2.75) is 72.3 Å². The number of fused-ring (bicyclic) bond motifs is 1. The topological polar surface area (TPSA) is 17.8 Å². The molecule has 0 unspecified atom stereocenters. The normalized spacial score (nSPS) is 11.3. The number of aromatic nitrogens is 2. The Kier molecular flexibility index (Phi) is 5.63. The minimum absolute atomic E-state index is 1.10. The van der Waals surface area contributed by atoms with Crippen molar-refractivity contribution in [2.75, 3.05) is 0 Å². The van der Waals surface area contributed by atoms with Crippen molar-refractivity contribution >= 4 is 11.0 Å². The molecule has 110 valence electrons. The van der Waals surface area contributed by atoms with Crippen LogP contribution in [0.1, 0.15) is 63.0 Å². The quantitative estimate of drug-likeness (QED) is 0.588. The van der Waals surface area contributed by atoms with E-state index in [1.807, 2.05) is 6.33 Å². The molecule has 0 atom stereocenters. The van der Waals surface area contributed by atoms with Gasteiger partial charge in [0.25, 0.3) is 0 Å². The molecule has 1 aromatic carbocycles. The first-order valence-corrected chi connectivity index (χ1v) is 8.14. The van der Waals surface area contributed by atoms with Crippen molar-refractivity contribution in [3.8, 4) is 0 Å². The Labute approximate surface area is 123 Å². The van der Waals surface area contributed by atoms with Crippen LogP contribution in [0.15, 0.2) is 18.5 Å². The number of unbranched alkanes of at least 4 members (excludes halogenated alkanes) is 6. The molecule has 2 rings (SSSR count). The second-order valence-electron chi connectivity index (χ2n) is 5.98. The molecular formula is C18H28N2. The Morgan fingerprint density at radius 3 is 2.30 bits per heavy atom. The highest BCUT2D eigenvalue weighted by molar-refractivity contribution is 5.77. The zero-order valence-corrected chi connectivity index (χ0v) is 13.3. The molecule has 0 aliphatic carbocycles. The van der Waals surface area contributed by atoms with E-state index in [2.05, 4.69) is 42.5 Å². The SMILES string of the molecule is CCCCCCCCCn1cnc2cc(C)c(C)cc21. The number of hydrogen-bond acceptors (Lipinski definition) is 1. The monoisotopic (exact) mass is 272 g/mol. The molecule has 0 N–H and O–H groups in total. The fourth-order valence-electron chi connectivity index (χ4n) is 2.73. The van der Waals surface area contributed by atoms with E-state index in [-0.39, 0.29) is 0 Å². The number of aryl methyl sites for hydroxylation is 3. The summed E-state index contributed by atoms with van der Waals surface area (Å²) < 4.78 is 2.31. The molecule has 1 heterocycles. The molecule has 1 aromatic heterocycles. The first-order chi connectivity index (χ1) is 9.72. The van der Waals surface area contributed by atoms with Crippen LogP contribution in [0.25, 0.3) is 11.0 Å². The zero-order valence-electron chi connectivity index (χ0n) is 13.3. The lowest BCUT2D eigenvalue weighted by atomic mass is 10.1. The average Bonchev–Trinajstić information content (AvgIpc) is 2.81. The van der Waals surface area contributed by atoms with Crippen molar-refractivity contribution in [1.82, 2.24) is 9.55 Å². The third-order valence-corrected chi connectivity index (χ3v) is 4.24. The third-order valence-electron chi connectivity index (χ3n) is 4.24. The maximum Gasteiger partial charge on any atom is 0.0958 e. The predicted octanol–water partition coefficient (Wildman–Crippen LogP) is 5.40. The Balaban J connectivity index is 1.83. The highest BCUT2D eigenvalue weighted by Crippen LogP contribution is 2.19. The largest absolute Gasteiger partial charge is 0.331 e. The van der Waals surface area contributed by atoms with Gasteiger partial charge in [-0.1, -0.05) is 45.4 Å². The Bertz CT molecular complexity index is 540. The van der Waals surface area contributed by atoms with Crippen LogP contribution in [0.2, 0.25) is 0 Å². The lowest BCUT2D eigenvalue weighted by Gasteiger charge is -2.06. The smallest absolute Gasteiger partial charge is 0.0958 e. The first-order valence-electron chi connectivity index (χ1n) is 8.14. The number of imidazole rings is 1. The van der Waals surface area contributed by atoms with Crippen LogP contribution in [-0.4, -0.2) is 9.55 Å². The summed E-state index contributed by atoms with van der Waals surface area (Å²) in [7, 11) is 0. The van der Waals surface area contributed by atoms with Crippen molar-refractivity contribution in [1.29, 1.82) is 0 Å². The van der Waals surface area contributed by atoms with E-state index in [1.54, 1.807) is 0 Å². The van der Waals surface area contributed by atoms with Gasteiger partial charge in [-0.05, 0) is 43.5 Å². The maximum atomic E-state index is 4.52. The van der Waals surface area contributed by atoms with Gasteiger partial charge < -0.3 is 4.57 Å². The highest BCUT2D eigenvalue weighted by Gasteiger charge is 2.04. The highest BCUT2D eigenvalue weighted by atomic mass is 15.0. The van der Waals surface area contributed by atoms with Crippen LogP contribution in [0.5, 0.6) is 0 Å². The molecular weight excluding hydrogens is 244 g/mol. The second-order valence-corrected chi connectivity index (χ2v) is 5.98. The van der Waals surface area contributed by atoms with Crippen molar-refractivity contribution in [2.24, 2.45) is 0 Å². The minimum Gasteiger partial charge on any atom is -0.331 e. The fraction of sp³-hybridized carbons (Fsp3) is 0.611. The van der Waals surface area contributed by atoms with Gasteiger partial charge in [0.15, 0.2) is 0 Å². The molecule has 20 heavy (non-hydrogen) atoms. The van der Waals surface area contributed by atoms with E-state index >= 15 is 0 Å². The summed E-state index contributed by atoms with van der Waals surface area (Å²) in [5, 5.41) is 0. The van der Waals surface area contributed by atoms with Crippen LogP contribution < -0.4 is 0 Å². The molecule has 0 spiro atoms. The van der Waals surface area contributed by atoms with Crippen molar-refractivity contribution in [3.63, 3.8) is 0 Å². The predicted molar refractivity (Wildman–Crippen MR) is 87.2 cm³/mol. The standard InChI is InChI=1S/C18H28N2/c1-4-5-6-7-8-9-10-11-20-14-19-17-12-15(2)16(3)13-18(17)20/h12-14H,4-11H2,1-3H3. The zero-order chi connectivity index (χ0) is 14.4. The summed E-state index contributed by atoms with van der Waals surface area (Å²) in [6.07, 6.45) is 11.5. The van der Waals surface area contributed by atoms with E-state index in [4.69, 9.17) is 0 Å². The summed E-state index contributed by atoms with van der Waals surface area (Å²) in [5.41, 5.74) is 5.12. The van der Waals surface area contributed by atoms with Gasteiger partial charge >= 0.3 is 0 Å². The number of rotatable bonds is 8. The van der Waals surface area contributed by atoms with Crippen LogP contribution in [0.4, 0.5) is 0 Å². The van der Waals surface area contributed by atoms with E-state index < -0.39 is 0 Å². The van der Waals surface area contributed by atoms with Crippen molar-refractivity contribution < 1.29 is 0 Å². The Morgan fingerprint density at radius 2 is 1.55 bits per heavy atom. The third kappa shape index (κ3) is 3.84. The van der Waals surface area contributed by atoms with Crippen LogP contribution in [0.3, 0.4) is 0 Å². The van der Waals surface area contributed by atoms with Crippen LogP contribution in [0, 0.1) is 13.8 Å². The molecule has 0 aliphatic heterocycles. The molecule has 2 nitrogen and oxygen atoms in total. The van der Waals surface area contributed by atoms with Crippen LogP contribution >= 0.6 is 0 Å². The summed E-state index contributed by atoms with van der Waals surface area (Å²) >= 11 is 0. The van der Waals surface area contributed by atoms with Crippen LogP contribution in [-0.2, 0) is 6.54 Å². The minimum atomic E-state index is 1.10. The summed E-state index contributed by atoms with van der Waals surface area (Å²) in [4.78, 5) is 4.52. The molecule has 0 aliphatic rings. The van der Waals surface area contributed by atoms with E-state index in [9.17, 15) is 0 Å². The second kappa shape index (κ2) is 7.47. The number of benzene rings is 1. The summed E-state index contributed by atoms with van der Waals surface area (Å²) in [6, 6.07) is 4.48. The Hall–Kier alpha value is -1.31. The molecule has 0 amide bonds. The molecule has 0 saturated heterocycles. The van der Waals surface area contributed by atoms with Gasteiger partial charge in [-0.2, -0.15) is 0 Å². The average molecular weight is 272 g/mol. The van der Waals surface area contributed by atoms with Gasteiger partial charge in [0, 0.05) is 6.54 Å². The molecule has 0 radical (unpaired) electrons.